The first-order valence-corrected chi connectivity index (χ1v) is 10.5. The van der Waals surface area contributed by atoms with Crippen molar-refractivity contribution >= 4 is 33.2 Å². The lowest BCUT2D eigenvalue weighted by Gasteiger charge is -2.36. The molecule has 0 bridgehead atoms. The van der Waals surface area contributed by atoms with Crippen LogP contribution in [0.2, 0.25) is 5.02 Å². The standard InChI is InChI=1S/C19H17ClFN3O3S/c20-14-2-1-3-16(12-14)28(26,27)24-10-8-19(9-11-24)22-17(18(25)23-19)13-4-6-15(21)7-5-13/h1-7,12H,8-11H2,(H,23,25). The lowest BCUT2D eigenvalue weighted by atomic mass is 10.00. The van der Waals surface area contributed by atoms with Gasteiger partial charge < -0.3 is 5.32 Å². The van der Waals surface area contributed by atoms with E-state index in [-0.39, 0.29) is 29.6 Å². The Kier molecular flexibility index (Phi) is 4.73. The van der Waals surface area contributed by atoms with E-state index >= 15 is 0 Å². The Morgan fingerprint density at radius 3 is 2.43 bits per heavy atom. The van der Waals surface area contributed by atoms with Crippen LogP contribution in [0.1, 0.15) is 18.4 Å². The van der Waals surface area contributed by atoms with Crippen molar-refractivity contribution in [2.24, 2.45) is 4.99 Å². The van der Waals surface area contributed by atoms with Crippen molar-refractivity contribution in [3.63, 3.8) is 0 Å². The third-order valence-electron chi connectivity index (χ3n) is 4.99. The summed E-state index contributed by atoms with van der Waals surface area (Å²) in [6.45, 7) is 0.435. The third-order valence-corrected chi connectivity index (χ3v) is 7.12. The van der Waals surface area contributed by atoms with Gasteiger partial charge in [-0.05, 0) is 42.5 Å². The molecule has 2 heterocycles. The number of amides is 1. The Labute approximate surface area is 167 Å². The van der Waals surface area contributed by atoms with Crippen LogP contribution in [-0.2, 0) is 14.8 Å². The van der Waals surface area contributed by atoms with Gasteiger partial charge in [0.1, 0.15) is 17.2 Å². The van der Waals surface area contributed by atoms with Gasteiger partial charge >= 0.3 is 0 Å². The van der Waals surface area contributed by atoms with E-state index in [1.807, 2.05) is 0 Å². The predicted octanol–water partition coefficient (Wildman–Crippen LogP) is 2.58. The van der Waals surface area contributed by atoms with Crippen LogP contribution in [0.4, 0.5) is 4.39 Å². The first-order valence-electron chi connectivity index (χ1n) is 8.73. The summed E-state index contributed by atoms with van der Waals surface area (Å²) in [6.07, 6.45) is 0.701. The Balaban J connectivity index is 1.54. The number of benzene rings is 2. The smallest absolute Gasteiger partial charge is 0.272 e. The Hall–Kier alpha value is -2.29. The summed E-state index contributed by atoms with van der Waals surface area (Å²) in [4.78, 5) is 17.1. The Morgan fingerprint density at radius 2 is 1.79 bits per heavy atom. The van der Waals surface area contributed by atoms with Crippen molar-refractivity contribution in [2.45, 2.75) is 23.4 Å². The molecule has 2 aromatic carbocycles. The fraction of sp³-hybridized carbons (Fsp3) is 0.263. The molecule has 1 spiro atoms. The van der Waals surface area contributed by atoms with Gasteiger partial charge in [0, 0.05) is 36.5 Å². The maximum absolute atomic E-state index is 13.1. The molecule has 0 unspecified atom stereocenters. The maximum Gasteiger partial charge on any atom is 0.272 e. The normalized spacial score (nSPS) is 19.5. The van der Waals surface area contributed by atoms with Crippen LogP contribution in [0.5, 0.6) is 0 Å². The average molecular weight is 422 g/mol. The van der Waals surface area contributed by atoms with E-state index in [1.165, 1.54) is 40.7 Å². The fourth-order valence-electron chi connectivity index (χ4n) is 3.48. The number of sulfonamides is 1. The first-order chi connectivity index (χ1) is 13.3. The number of aliphatic imine (C=N–C) groups is 1. The first kappa shape index (κ1) is 19.0. The SMILES string of the molecule is O=C1NC2(CCN(S(=O)(=O)c3cccc(Cl)c3)CC2)N=C1c1ccc(F)cc1. The minimum Gasteiger partial charge on any atom is -0.326 e. The lowest BCUT2D eigenvalue weighted by Crippen LogP contribution is -2.52. The predicted molar refractivity (Wildman–Crippen MR) is 103 cm³/mol. The molecule has 0 radical (unpaired) electrons. The van der Waals surface area contributed by atoms with Gasteiger partial charge in [-0.25, -0.2) is 12.8 Å². The van der Waals surface area contributed by atoms with Crippen LogP contribution in [0.15, 0.2) is 58.4 Å². The van der Waals surface area contributed by atoms with Crippen LogP contribution in [0.25, 0.3) is 0 Å². The monoisotopic (exact) mass is 421 g/mol. The summed E-state index contributed by atoms with van der Waals surface area (Å²) in [5.74, 6) is -0.727. The minimum absolute atomic E-state index is 0.141. The molecule has 0 aliphatic carbocycles. The molecule has 1 fully saturated rings. The van der Waals surface area contributed by atoms with Crippen molar-refractivity contribution < 1.29 is 17.6 Å². The number of nitrogens with zero attached hydrogens (tertiary/aromatic N) is 2. The summed E-state index contributed by atoms with van der Waals surface area (Å²) in [6, 6.07) is 11.7. The second-order valence-corrected chi connectivity index (χ2v) is 9.19. The van der Waals surface area contributed by atoms with E-state index in [2.05, 4.69) is 10.3 Å². The molecule has 9 heteroatoms. The average Bonchev–Trinajstić information content (AvgIpc) is 2.98. The summed E-state index contributed by atoms with van der Waals surface area (Å²) in [5, 5.41) is 3.23. The summed E-state index contributed by atoms with van der Waals surface area (Å²) < 4.78 is 40.2. The van der Waals surface area contributed by atoms with Crippen molar-refractivity contribution in [1.82, 2.24) is 9.62 Å². The largest absolute Gasteiger partial charge is 0.326 e. The molecule has 0 aromatic heterocycles. The Morgan fingerprint density at radius 1 is 1.11 bits per heavy atom. The molecule has 1 amide bonds. The van der Waals surface area contributed by atoms with E-state index in [1.54, 1.807) is 12.1 Å². The molecular formula is C19H17ClFN3O3S. The van der Waals surface area contributed by atoms with Gasteiger partial charge in [0.2, 0.25) is 10.0 Å². The van der Waals surface area contributed by atoms with E-state index in [4.69, 9.17) is 11.6 Å². The van der Waals surface area contributed by atoms with Crippen LogP contribution < -0.4 is 5.32 Å². The van der Waals surface area contributed by atoms with Crippen LogP contribution in [0, 0.1) is 5.82 Å². The topological polar surface area (TPSA) is 78.8 Å². The molecule has 2 aliphatic heterocycles. The van der Waals surface area contributed by atoms with E-state index in [0.29, 0.717) is 23.4 Å². The summed E-state index contributed by atoms with van der Waals surface area (Å²) in [7, 11) is -3.67. The highest BCUT2D eigenvalue weighted by Gasteiger charge is 2.44. The van der Waals surface area contributed by atoms with Crippen LogP contribution in [-0.4, -0.2) is 43.1 Å². The summed E-state index contributed by atoms with van der Waals surface area (Å²) >= 11 is 5.92. The van der Waals surface area contributed by atoms with Gasteiger partial charge in [0.15, 0.2) is 0 Å². The number of rotatable bonds is 3. The van der Waals surface area contributed by atoms with Gasteiger partial charge in [0.05, 0.1) is 4.90 Å². The maximum atomic E-state index is 13.1. The molecule has 146 valence electrons. The molecular weight excluding hydrogens is 405 g/mol. The molecule has 28 heavy (non-hydrogen) atoms. The van der Waals surface area contributed by atoms with E-state index in [0.717, 1.165) is 0 Å². The molecule has 2 aromatic rings. The highest BCUT2D eigenvalue weighted by molar-refractivity contribution is 7.89. The zero-order valence-corrected chi connectivity index (χ0v) is 16.3. The molecule has 1 N–H and O–H groups in total. The van der Waals surface area contributed by atoms with Crippen molar-refractivity contribution in [3.05, 3.63) is 64.9 Å². The number of carbonyl (C=O) groups is 1. The van der Waals surface area contributed by atoms with Gasteiger partial charge in [-0.2, -0.15) is 4.31 Å². The molecule has 2 aliphatic rings. The summed E-state index contributed by atoms with van der Waals surface area (Å²) in [5.41, 5.74) is -0.0582. The number of piperidine rings is 1. The van der Waals surface area contributed by atoms with Crippen molar-refractivity contribution in [2.75, 3.05) is 13.1 Å². The van der Waals surface area contributed by atoms with Crippen LogP contribution >= 0.6 is 11.6 Å². The molecule has 4 rings (SSSR count). The molecule has 6 nitrogen and oxygen atoms in total. The van der Waals surface area contributed by atoms with Gasteiger partial charge in [0.25, 0.3) is 5.91 Å². The Bertz CT molecular complexity index is 1060. The van der Waals surface area contributed by atoms with E-state index in [9.17, 15) is 17.6 Å². The quantitative estimate of drug-likeness (QED) is 0.827. The molecule has 0 saturated carbocycles. The third kappa shape index (κ3) is 3.43. The van der Waals surface area contributed by atoms with Gasteiger partial charge in [-0.15, -0.1) is 0 Å². The van der Waals surface area contributed by atoms with Crippen LogP contribution in [0.3, 0.4) is 0 Å². The second kappa shape index (κ2) is 6.95. The van der Waals surface area contributed by atoms with Gasteiger partial charge in [-0.3, -0.25) is 9.79 Å². The number of nitrogens with one attached hydrogen (secondary N) is 1. The lowest BCUT2D eigenvalue weighted by molar-refractivity contribution is -0.115. The zero-order valence-electron chi connectivity index (χ0n) is 14.7. The number of hydrogen-bond acceptors (Lipinski definition) is 4. The van der Waals surface area contributed by atoms with Crippen molar-refractivity contribution in [3.8, 4) is 0 Å². The molecule has 0 atom stereocenters. The minimum atomic E-state index is -3.67. The highest BCUT2D eigenvalue weighted by atomic mass is 35.5. The van der Waals surface area contributed by atoms with E-state index < -0.39 is 21.5 Å². The zero-order chi connectivity index (χ0) is 19.9. The van der Waals surface area contributed by atoms with Gasteiger partial charge in [-0.1, -0.05) is 17.7 Å². The van der Waals surface area contributed by atoms with Crippen molar-refractivity contribution in [1.29, 1.82) is 0 Å². The second-order valence-electron chi connectivity index (χ2n) is 6.81. The molecule has 1 saturated heterocycles. The highest BCUT2D eigenvalue weighted by Crippen LogP contribution is 2.31. The number of carbonyl (C=O) groups excluding carboxylic acids is 1. The number of halogens is 2. The fourth-order valence-corrected chi connectivity index (χ4v) is 5.22. The number of hydrogen-bond donors (Lipinski definition) is 1.